The van der Waals surface area contributed by atoms with E-state index >= 15 is 0 Å². The zero-order valence-electron chi connectivity index (χ0n) is 20.8. The molecule has 178 valence electrons. The molecule has 0 saturated heterocycles. The molecule has 0 saturated carbocycles. The lowest BCUT2D eigenvalue weighted by molar-refractivity contribution is 0.410. The average Bonchev–Trinajstić information content (AvgIpc) is 3.55. The third kappa shape index (κ3) is 3.17. The number of hydrogen-bond donors (Lipinski definition) is 0. The van der Waals surface area contributed by atoms with E-state index in [1.807, 2.05) is 0 Å². The van der Waals surface area contributed by atoms with Gasteiger partial charge in [-0.25, -0.2) is 0 Å². The highest BCUT2D eigenvalue weighted by Crippen LogP contribution is 2.62. The Morgan fingerprint density at radius 1 is 0.568 bits per heavy atom. The first kappa shape index (κ1) is 21.9. The topological polar surface area (TPSA) is 9.23 Å². The van der Waals surface area contributed by atoms with Gasteiger partial charge in [0, 0.05) is 17.3 Å². The Kier molecular flexibility index (Phi) is 5.11. The minimum absolute atomic E-state index is 0.141. The molecule has 1 unspecified atom stereocenters. The maximum absolute atomic E-state index is 5.59. The van der Waals surface area contributed by atoms with Crippen molar-refractivity contribution in [2.75, 3.05) is 7.11 Å². The fourth-order valence-electron chi connectivity index (χ4n) is 6.92. The van der Waals surface area contributed by atoms with Crippen molar-refractivity contribution in [1.82, 2.24) is 0 Å². The number of fused-ring (bicyclic) bond motifs is 4. The molecule has 2 aliphatic carbocycles. The molecule has 2 aliphatic rings. The minimum Gasteiger partial charge on any atom is -0.497 e. The Morgan fingerprint density at radius 3 is 1.68 bits per heavy atom. The Bertz CT molecular complexity index is 1530. The van der Waals surface area contributed by atoms with Crippen LogP contribution in [0.4, 0.5) is 0 Å². The minimum atomic E-state index is -0.360. The van der Waals surface area contributed by atoms with Gasteiger partial charge in [-0.05, 0) is 56.6 Å². The molecule has 0 fully saturated rings. The molecule has 0 aliphatic heterocycles. The zero-order chi connectivity index (χ0) is 24.8. The third-order valence-electron chi connectivity index (χ3n) is 8.38. The third-order valence-corrected chi connectivity index (χ3v) is 8.38. The molecule has 0 spiro atoms. The fourth-order valence-corrected chi connectivity index (χ4v) is 6.92. The van der Waals surface area contributed by atoms with Crippen LogP contribution in [-0.2, 0) is 5.41 Å². The smallest absolute Gasteiger partial charge is 0.119 e. The first-order chi connectivity index (χ1) is 18.3. The van der Waals surface area contributed by atoms with Gasteiger partial charge in [0.1, 0.15) is 5.75 Å². The van der Waals surface area contributed by atoms with Gasteiger partial charge in [0.25, 0.3) is 0 Å². The van der Waals surface area contributed by atoms with Crippen LogP contribution in [0.5, 0.6) is 5.75 Å². The highest BCUT2D eigenvalue weighted by atomic mass is 16.5. The van der Waals surface area contributed by atoms with Crippen LogP contribution in [-0.4, -0.2) is 7.11 Å². The summed E-state index contributed by atoms with van der Waals surface area (Å²) in [4.78, 5) is 0. The predicted molar refractivity (Wildman–Crippen MR) is 152 cm³/mol. The lowest BCUT2D eigenvalue weighted by atomic mass is 9.55. The number of allylic oxidation sites excluding steroid dienone is 1. The van der Waals surface area contributed by atoms with Crippen molar-refractivity contribution < 1.29 is 4.74 Å². The number of methoxy groups -OCH3 is 1. The highest BCUT2D eigenvalue weighted by Gasteiger charge is 2.53. The molecule has 7 rings (SSSR count). The summed E-state index contributed by atoms with van der Waals surface area (Å²) in [5.74, 6) is 1.18. The van der Waals surface area contributed by atoms with E-state index in [1.54, 1.807) is 7.11 Å². The molecule has 0 bridgehead atoms. The standard InChI is InChI=1S/C36H28O/c1-37-28-21-22-29-25(24-28)20-23-34(29)36(26-12-4-2-5-13-26,27-14-6-3-7-15-27)35-32-18-10-8-16-30(32)31-17-9-11-19-33(31)35/h2-24,34-35H,1H3. The molecule has 0 radical (unpaired) electrons. The Morgan fingerprint density at radius 2 is 1.11 bits per heavy atom. The van der Waals surface area contributed by atoms with Crippen LogP contribution < -0.4 is 4.74 Å². The summed E-state index contributed by atoms with van der Waals surface area (Å²) in [6.07, 6.45) is 4.71. The van der Waals surface area contributed by atoms with Gasteiger partial charge < -0.3 is 4.74 Å². The quantitative estimate of drug-likeness (QED) is 0.247. The molecule has 0 N–H and O–H groups in total. The second kappa shape index (κ2) is 8.64. The van der Waals surface area contributed by atoms with Crippen molar-refractivity contribution in [3.05, 3.63) is 167 Å². The van der Waals surface area contributed by atoms with E-state index in [2.05, 4.69) is 140 Å². The van der Waals surface area contributed by atoms with Crippen LogP contribution in [0.15, 0.2) is 133 Å². The Balaban J connectivity index is 1.61. The Labute approximate surface area is 218 Å². The van der Waals surface area contributed by atoms with Crippen LogP contribution in [0.1, 0.15) is 45.2 Å². The lowest BCUT2D eigenvalue weighted by Crippen LogP contribution is -2.40. The largest absolute Gasteiger partial charge is 0.497 e. The summed E-state index contributed by atoms with van der Waals surface area (Å²) < 4.78 is 5.59. The second-order valence-electron chi connectivity index (χ2n) is 10.0. The monoisotopic (exact) mass is 476 g/mol. The Hall–Kier alpha value is -4.36. The summed E-state index contributed by atoms with van der Waals surface area (Å²) >= 11 is 0. The van der Waals surface area contributed by atoms with Gasteiger partial charge in [-0.3, -0.25) is 0 Å². The van der Waals surface area contributed by atoms with E-state index in [4.69, 9.17) is 4.74 Å². The number of benzene rings is 5. The van der Waals surface area contributed by atoms with E-state index in [-0.39, 0.29) is 17.3 Å². The SMILES string of the molecule is COc1ccc2c(c1)C=CC2C(c1ccccc1)(c1ccccc1)C1c2ccccc2-c2ccccc21. The van der Waals surface area contributed by atoms with E-state index in [9.17, 15) is 0 Å². The molecule has 1 heteroatoms. The van der Waals surface area contributed by atoms with Crippen LogP contribution in [0, 0.1) is 0 Å². The molecule has 0 aromatic heterocycles. The fraction of sp³-hybridized carbons (Fsp3) is 0.111. The molecular weight excluding hydrogens is 448 g/mol. The molecule has 37 heavy (non-hydrogen) atoms. The first-order valence-corrected chi connectivity index (χ1v) is 13.0. The average molecular weight is 477 g/mol. The van der Waals surface area contributed by atoms with Crippen LogP contribution in [0.3, 0.4) is 0 Å². The number of hydrogen-bond acceptors (Lipinski definition) is 1. The van der Waals surface area contributed by atoms with Crippen molar-refractivity contribution in [3.8, 4) is 16.9 Å². The lowest BCUT2D eigenvalue weighted by Gasteiger charge is -2.46. The maximum atomic E-state index is 5.59. The molecule has 1 nitrogen and oxygen atoms in total. The predicted octanol–water partition coefficient (Wildman–Crippen LogP) is 8.60. The summed E-state index contributed by atoms with van der Waals surface area (Å²) in [6, 6.07) is 46.8. The van der Waals surface area contributed by atoms with Gasteiger partial charge >= 0.3 is 0 Å². The first-order valence-electron chi connectivity index (χ1n) is 13.0. The maximum Gasteiger partial charge on any atom is 0.119 e. The van der Waals surface area contributed by atoms with E-state index in [0.29, 0.717) is 0 Å². The second-order valence-corrected chi connectivity index (χ2v) is 10.0. The molecular formula is C36H28O. The normalized spacial score (nSPS) is 15.8. The van der Waals surface area contributed by atoms with Crippen LogP contribution in [0.25, 0.3) is 17.2 Å². The van der Waals surface area contributed by atoms with Gasteiger partial charge in [0.15, 0.2) is 0 Å². The van der Waals surface area contributed by atoms with Crippen LogP contribution in [0.2, 0.25) is 0 Å². The summed E-state index contributed by atoms with van der Waals surface area (Å²) in [7, 11) is 1.74. The van der Waals surface area contributed by atoms with Gasteiger partial charge in [-0.2, -0.15) is 0 Å². The number of ether oxygens (including phenoxy) is 1. The molecule has 0 amide bonds. The molecule has 1 atom stereocenters. The van der Waals surface area contributed by atoms with Crippen LogP contribution >= 0.6 is 0 Å². The number of rotatable bonds is 5. The molecule has 5 aromatic carbocycles. The van der Waals surface area contributed by atoms with E-state index < -0.39 is 0 Å². The van der Waals surface area contributed by atoms with Gasteiger partial charge in [0.2, 0.25) is 0 Å². The van der Waals surface area contributed by atoms with Gasteiger partial charge in [0.05, 0.1) is 7.11 Å². The summed E-state index contributed by atoms with van der Waals surface area (Å²) in [6.45, 7) is 0. The van der Waals surface area contributed by atoms with Gasteiger partial charge in [-0.15, -0.1) is 0 Å². The zero-order valence-corrected chi connectivity index (χ0v) is 20.8. The van der Waals surface area contributed by atoms with E-state index in [0.717, 1.165) is 5.75 Å². The van der Waals surface area contributed by atoms with Crippen molar-refractivity contribution in [1.29, 1.82) is 0 Å². The van der Waals surface area contributed by atoms with E-state index in [1.165, 1.54) is 44.5 Å². The summed E-state index contributed by atoms with van der Waals surface area (Å²) in [5.41, 5.74) is 10.4. The molecule has 0 heterocycles. The van der Waals surface area contributed by atoms with Crippen molar-refractivity contribution >= 4 is 6.08 Å². The van der Waals surface area contributed by atoms with Crippen molar-refractivity contribution in [2.45, 2.75) is 17.3 Å². The highest BCUT2D eigenvalue weighted by molar-refractivity contribution is 5.81. The molecule has 5 aromatic rings. The van der Waals surface area contributed by atoms with Crippen molar-refractivity contribution in [2.24, 2.45) is 0 Å². The van der Waals surface area contributed by atoms with Crippen molar-refractivity contribution in [3.63, 3.8) is 0 Å². The van der Waals surface area contributed by atoms with Gasteiger partial charge in [-0.1, -0.05) is 127 Å². The summed E-state index contributed by atoms with van der Waals surface area (Å²) in [5, 5.41) is 0.